The molecule has 1 atom stereocenters. The molecule has 0 aliphatic rings. The van der Waals surface area contributed by atoms with Gasteiger partial charge in [0.2, 0.25) is 0 Å². The lowest BCUT2D eigenvalue weighted by atomic mass is 10.1. The van der Waals surface area contributed by atoms with Gasteiger partial charge in [-0.25, -0.2) is 4.39 Å². The van der Waals surface area contributed by atoms with Crippen LogP contribution in [-0.2, 0) is 6.54 Å². The summed E-state index contributed by atoms with van der Waals surface area (Å²) < 4.78 is 15.5. The maximum absolute atomic E-state index is 13.9. The number of halogens is 1. The van der Waals surface area contributed by atoms with Crippen molar-refractivity contribution >= 4 is 0 Å². The largest absolute Gasteiger partial charge is 0.314 e. The van der Waals surface area contributed by atoms with Crippen molar-refractivity contribution in [2.24, 2.45) is 0 Å². The fourth-order valence-electron chi connectivity index (χ4n) is 2.16. The normalized spacial score (nSPS) is 12.3. The van der Waals surface area contributed by atoms with E-state index in [1.54, 1.807) is 35.0 Å². The minimum atomic E-state index is -0.245. The van der Waals surface area contributed by atoms with Crippen molar-refractivity contribution in [1.82, 2.24) is 9.88 Å². The average Bonchev–Trinajstić information content (AvgIpc) is 2.46. The van der Waals surface area contributed by atoms with Gasteiger partial charge in [-0.2, -0.15) is 0 Å². The molecule has 20 heavy (non-hydrogen) atoms. The second kappa shape index (κ2) is 7.01. The van der Waals surface area contributed by atoms with E-state index < -0.39 is 0 Å². The molecule has 0 radical (unpaired) electrons. The third kappa shape index (κ3) is 3.54. The predicted octanol–water partition coefficient (Wildman–Crippen LogP) is 2.73. The Morgan fingerprint density at radius 1 is 1.20 bits per heavy atom. The minimum Gasteiger partial charge on any atom is -0.314 e. The quantitative estimate of drug-likeness (QED) is 0.879. The first-order valence-corrected chi connectivity index (χ1v) is 6.85. The third-order valence-electron chi connectivity index (χ3n) is 3.20. The van der Waals surface area contributed by atoms with Gasteiger partial charge in [-0.1, -0.05) is 31.2 Å². The fraction of sp³-hybridized carbons (Fsp3) is 0.312. The van der Waals surface area contributed by atoms with Crippen LogP contribution in [0.3, 0.4) is 0 Å². The van der Waals surface area contributed by atoms with Crippen molar-refractivity contribution < 1.29 is 4.39 Å². The monoisotopic (exact) mass is 274 g/mol. The minimum absolute atomic E-state index is 0.0767. The molecule has 0 amide bonds. The molecule has 0 spiro atoms. The lowest BCUT2D eigenvalue weighted by Crippen LogP contribution is -2.31. The van der Waals surface area contributed by atoms with Gasteiger partial charge in [0.25, 0.3) is 5.56 Å². The number of pyridine rings is 1. The number of hydrogen-bond acceptors (Lipinski definition) is 2. The van der Waals surface area contributed by atoms with Crippen molar-refractivity contribution in [3.8, 4) is 0 Å². The Bertz CT molecular complexity index is 609. The molecule has 4 heteroatoms. The predicted molar refractivity (Wildman–Crippen MR) is 78.1 cm³/mol. The van der Waals surface area contributed by atoms with E-state index in [4.69, 9.17) is 0 Å². The van der Waals surface area contributed by atoms with Gasteiger partial charge in [0, 0.05) is 24.4 Å². The molecule has 1 aromatic heterocycles. The summed E-state index contributed by atoms with van der Waals surface area (Å²) in [6.07, 6.45) is 2.68. The number of aromatic nitrogens is 1. The standard InChI is InChI=1S/C16H19FN2O/c1-2-10-18-15(13-7-3-4-8-14(13)17)12-19-11-6-5-9-16(19)20/h3-9,11,15,18H,2,10,12H2,1H3. The Kier molecular flexibility index (Phi) is 5.07. The first kappa shape index (κ1) is 14.5. The number of rotatable bonds is 6. The summed E-state index contributed by atoms with van der Waals surface area (Å²) in [5.41, 5.74) is 0.517. The van der Waals surface area contributed by atoms with Gasteiger partial charge < -0.3 is 9.88 Å². The Hall–Kier alpha value is -1.94. The van der Waals surface area contributed by atoms with Gasteiger partial charge in [0.05, 0.1) is 6.04 Å². The summed E-state index contributed by atoms with van der Waals surface area (Å²) in [7, 11) is 0. The van der Waals surface area contributed by atoms with E-state index in [0.29, 0.717) is 12.1 Å². The zero-order valence-corrected chi connectivity index (χ0v) is 11.6. The van der Waals surface area contributed by atoms with Crippen LogP contribution in [0, 0.1) is 5.82 Å². The van der Waals surface area contributed by atoms with Crippen molar-refractivity contribution in [1.29, 1.82) is 0 Å². The number of benzene rings is 1. The van der Waals surface area contributed by atoms with Crippen molar-refractivity contribution in [3.05, 3.63) is 70.4 Å². The first-order valence-electron chi connectivity index (χ1n) is 6.85. The molecule has 1 aromatic carbocycles. The summed E-state index contributed by atoms with van der Waals surface area (Å²) in [4.78, 5) is 11.8. The van der Waals surface area contributed by atoms with E-state index in [1.165, 1.54) is 12.1 Å². The molecule has 3 nitrogen and oxygen atoms in total. The van der Waals surface area contributed by atoms with Crippen LogP contribution in [0.2, 0.25) is 0 Å². The van der Waals surface area contributed by atoms with Gasteiger partial charge in [-0.15, -0.1) is 0 Å². The molecule has 0 saturated heterocycles. The van der Waals surface area contributed by atoms with Crippen molar-refractivity contribution in [2.75, 3.05) is 6.54 Å². The molecule has 1 N–H and O–H groups in total. The van der Waals surface area contributed by atoms with Gasteiger partial charge in [0.15, 0.2) is 0 Å². The Morgan fingerprint density at radius 3 is 2.65 bits per heavy atom. The Labute approximate surface area is 118 Å². The highest BCUT2D eigenvalue weighted by Gasteiger charge is 2.15. The number of nitrogens with zero attached hydrogens (tertiary/aromatic N) is 1. The Morgan fingerprint density at radius 2 is 1.95 bits per heavy atom. The summed E-state index contributed by atoms with van der Waals surface area (Å²) >= 11 is 0. The lowest BCUT2D eigenvalue weighted by molar-refractivity contribution is 0.438. The fourth-order valence-corrected chi connectivity index (χ4v) is 2.16. The van der Waals surface area contributed by atoms with E-state index in [0.717, 1.165) is 13.0 Å². The van der Waals surface area contributed by atoms with Crippen LogP contribution in [0.1, 0.15) is 24.9 Å². The molecule has 1 heterocycles. The molecule has 0 aliphatic carbocycles. The van der Waals surface area contributed by atoms with Crippen LogP contribution < -0.4 is 10.9 Å². The second-order valence-corrected chi connectivity index (χ2v) is 4.72. The van der Waals surface area contributed by atoms with Crippen molar-refractivity contribution in [2.45, 2.75) is 25.9 Å². The van der Waals surface area contributed by atoms with Crippen LogP contribution >= 0.6 is 0 Å². The van der Waals surface area contributed by atoms with Crippen LogP contribution in [0.15, 0.2) is 53.5 Å². The highest BCUT2D eigenvalue weighted by molar-refractivity contribution is 5.21. The maximum Gasteiger partial charge on any atom is 0.250 e. The van der Waals surface area contributed by atoms with Crippen LogP contribution in [0.5, 0.6) is 0 Å². The first-order chi connectivity index (χ1) is 9.72. The topological polar surface area (TPSA) is 34.0 Å². The molecule has 2 rings (SSSR count). The highest BCUT2D eigenvalue weighted by atomic mass is 19.1. The summed E-state index contributed by atoms with van der Waals surface area (Å²) in [5.74, 6) is -0.245. The molecule has 0 aliphatic heterocycles. The third-order valence-corrected chi connectivity index (χ3v) is 3.20. The van der Waals surface area contributed by atoms with Crippen LogP contribution in [-0.4, -0.2) is 11.1 Å². The molecular weight excluding hydrogens is 255 g/mol. The van der Waals surface area contributed by atoms with E-state index >= 15 is 0 Å². The average molecular weight is 274 g/mol. The molecular formula is C16H19FN2O. The van der Waals surface area contributed by atoms with E-state index in [1.807, 2.05) is 6.07 Å². The number of nitrogens with one attached hydrogen (secondary N) is 1. The van der Waals surface area contributed by atoms with Gasteiger partial charge in [-0.05, 0) is 25.1 Å². The van der Waals surface area contributed by atoms with Gasteiger partial charge in [-0.3, -0.25) is 4.79 Å². The van der Waals surface area contributed by atoms with E-state index in [2.05, 4.69) is 12.2 Å². The highest BCUT2D eigenvalue weighted by Crippen LogP contribution is 2.18. The second-order valence-electron chi connectivity index (χ2n) is 4.72. The summed E-state index contributed by atoms with van der Waals surface area (Å²) in [6.45, 7) is 3.25. The lowest BCUT2D eigenvalue weighted by Gasteiger charge is -2.20. The SMILES string of the molecule is CCCNC(Cn1ccccc1=O)c1ccccc1F. The maximum atomic E-state index is 13.9. The molecule has 0 bridgehead atoms. The smallest absolute Gasteiger partial charge is 0.250 e. The zero-order chi connectivity index (χ0) is 14.4. The Balaban J connectivity index is 2.27. The van der Waals surface area contributed by atoms with Crippen LogP contribution in [0.4, 0.5) is 4.39 Å². The molecule has 2 aromatic rings. The van der Waals surface area contributed by atoms with Gasteiger partial charge >= 0.3 is 0 Å². The molecule has 1 unspecified atom stereocenters. The molecule has 0 fully saturated rings. The summed E-state index contributed by atoms with van der Waals surface area (Å²) in [5, 5.41) is 3.30. The number of hydrogen-bond donors (Lipinski definition) is 1. The molecule has 0 saturated carbocycles. The van der Waals surface area contributed by atoms with E-state index in [9.17, 15) is 9.18 Å². The van der Waals surface area contributed by atoms with Crippen molar-refractivity contribution in [3.63, 3.8) is 0 Å². The van der Waals surface area contributed by atoms with Gasteiger partial charge in [0.1, 0.15) is 5.82 Å². The van der Waals surface area contributed by atoms with E-state index in [-0.39, 0.29) is 17.4 Å². The van der Waals surface area contributed by atoms with Crippen LogP contribution in [0.25, 0.3) is 0 Å². The zero-order valence-electron chi connectivity index (χ0n) is 11.6. The summed E-state index contributed by atoms with van der Waals surface area (Å²) in [6, 6.07) is 11.5. The molecule has 106 valence electrons.